The van der Waals surface area contributed by atoms with Crippen LogP contribution in [-0.2, 0) is 4.79 Å². The third kappa shape index (κ3) is 4.32. The lowest BCUT2D eigenvalue weighted by Gasteiger charge is -2.21. The molecular weight excluding hydrogens is 186 g/mol. The van der Waals surface area contributed by atoms with Gasteiger partial charge in [-0.15, -0.1) is 0 Å². The summed E-state index contributed by atoms with van der Waals surface area (Å²) >= 11 is 0. The Morgan fingerprint density at radius 1 is 1.60 bits per heavy atom. The second-order valence-electron chi connectivity index (χ2n) is 4.41. The van der Waals surface area contributed by atoms with Crippen molar-refractivity contribution < 1.29 is 4.79 Å². The fraction of sp³-hybridized carbons (Fsp3) is 0.615. The Hall–Kier alpha value is -1.05. The lowest BCUT2D eigenvalue weighted by atomic mass is 9.85. The van der Waals surface area contributed by atoms with Crippen LogP contribution in [0.5, 0.6) is 0 Å². The highest BCUT2D eigenvalue weighted by Crippen LogP contribution is 2.28. The van der Waals surface area contributed by atoms with Gasteiger partial charge < -0.3 is 5.32 Å². The lowest BCUT2D eigenvalue weighted by Crippen LogP contribution is -2.20. The summed E-state index contributed by atoms with van der Waals surface area (Å²) in [6.45, 7) is 6.59. The number of allylic oxidation sites excluding steroid dienone is 3. The minimum Gasteiger partial charge on any atom is -0.353 e. The minimum absolute atomic E-state index is 0.0402. The average molecular weight is 207 g/mol. The summed E-state index contributed by atoms with van der Waals surface area (Å²) in [5.74, 6) is 0.723. The Morgan fingerprint density at radius 3 is 2.87 bits per heavy atom. The summed E-state index contributed by atoms with van der Waals surface area (Å²) in [5, 5.41) is 2.79. The number of hydrogen-bond donors (Lipinski definition) is 1. The van der Waals surface area contributed by atoms with Gasteiger partial charge in [-0.2, -0.15) is 0 Å². The quantitative estimate of drug-likeness (QED) is 0.708. The van der Waals surface area contributed by atoms with E-state index in [4.69, 9.17) is 0 Å². The summed E-state index contributed by atoms with van der Waals surface area (Å²) in [6.07, 6.45) is 8.11. The molecule has 0 radical (unpaired) electrons. The van der Waals surface area contributed by atoms with Gasteiger partial charge in [-0.05, 0) is 39.0 Å². The Balaban J connectivity index is 2.39. The van der Waals surface area contributed by atoms with Crippen LogP contribution in [0.4, 0.5) is 0 Å². The van der Waals surface area contributed by atoms with Crippen molar-refractivity contribution >= 4 is 5.91 Å². The maximum Gasteiger partial charge on any atom is 0.217 e. The van der Waals surface area contributed by atoms with Gasteiger partial charge in [0, 0.05) is 13.5 Å². The van der Waals surface area contributed by atoms with E-state index in [-0.39, 0.29) is 5.91 Å². The molecule has 1 N–H and O–H groups in total. The van der Waals surface area contributed by atoms with Crippen LogP contribution in [0.25, 0.3) is 0 Å². The van der Waals surface area contributed by atoms with E-state index >= 15 is 0 Å². The van der Waals surface area contributed by atoms with Crippen molar-refractivity contribution in [2.45, 2.75) is 40.0 Å². The molecule has 0 saturated carbocycles. The second kappa shape index (κ2) is 5.74. The first-order valence-electron chi connectivity index (χ1n) is 5.66. The largest absolute Gasteiger partial charge is 0.353 e. The number of rotatable bonds is 3. The van der Waals surface area contributed by atoms with Crippen molar-refractivity contribution in [3.8, 4) is 0 Å². The molecule has 1 rings (SSSR count). The number of carbonyl (C=O) groups excluding carboxylic acids is 1. The van der Waals surface area contributed by atoms with Crippen LogP contribution < -0.4 is 5.32 Å². The van der Waals surface area contributed by atoms with Gasteiger partial charge in [0.25, 0.3) is 0 Å². The molecule has 84 valence electrons. The molecule has 2 heteroatoms. The number of hydrogen-bond acceptors (Lipinski definition) is 1. The normalized spacial score (nSPS) is 22.2. The van der Waals surface area contributed by atoms with E-state index in [2.05, 4.69) is 31.3 Å². The zero-order valence-corrected chi connectivity index (χ0v) is 9.97. The smallest absolute Gasteiger partial charge is 0.217 e. The van der Waals surface area contributed by atoms with Crippen molar-refractivity contribution in [2.75, 3.05) is 6.54 Å². The average Bonchev–Trinajstić information content (AvgIpc) is 2.18. The molecule has 1 atom stereocenters. The fourth-order valence-electron chi connectivity index (χ4n) is 1.90. The zero-order chi connectivity index (χ0) is 11.3. The SMILES string of the molecule is CC(=O)NCC=C(C)C1CC=C(C)CC1. The summed E-state index contributed by atoms with van der Waals surface area (Å²) in [5.41, 5.74) is 2.92. The minimum atomic E-state index is 0.0402. The Morgan fingerprint density at radius 2 is 2.33 bits per heavy atom. The van der Waals surface area contributed by atoms with E-state index in [0.717, 1.165) is 6.42 Å². The van der Waals surface area contributed by atoms with Crippen LogP contribution in [0.15, 0.2) is 23.3 Å². The zero-order valence-electron chi connectivity index (χ0n) is 9.97. The van der Waals surface area contributed by atoms with E-state index in [1.807, 2.05) is 0 Å². The maximum absolute atomic E-state index is 10.7. The molecule has 0 fully saturated rings. The first-order valence-corrected chi connectivity index (χ1v) is 5.66. The third-order valence-corrected chi connectivity index (χ3v) is 3.06. The molecular formula is C13H21NO. The van der Waals surface area contributed by atoms with E-state index in [9.17, 15) is 4.79 Å². The maximum atomic E-state index is 10.7. The summed E-state index contributed by atoms with van der Waals surface area (Å²) in [6, 6.07) is 0. The van der Waals surface area contributed by atoms with Gasteiger partial charge in [-0.3, -0.25) is 4.79 Å². The third-order valence-electron chi connectivity index (χ3n) is 3.06. The van der Waals surface area contributed by atoms with Crippen molar-refractivity contribution in [2.24, 2.45) is 5.92 Å². The van der Waals surface area contributed by atoms with Crippen LogP contribution in [0, 0.1) is 5.92 Å². The highest BCUT2D eigenvalue weighted by atomic mass is 16.1. The molecule has 0 spiro atoms. The van der Waals surface area contributed by atoms with E-state index < -0.39 is 0 Å². The molecule has 0 aromatic carbocycles. The first kappa shape index (κ1) is 12.0. The van der Waals surface area contributed by atoms with Gasteiger partial charge in [0.05, 0.1) is 0 Å². The standard InChI is InChI=1S/C13H21NO/c1-10-4-6-13(7-5-10)11(2)8-9-14-12(3)15/h4,8,13H,5-7,9H2,1-3H3,(H,14,15). The molecule has 1 aliphatic carbocycles. The van der Waals surface area contributed by atoms with E-state index in [1.165, 1.54) is 24.0 Å². The van der Waals surface area contributed by atoms with E-state index in [0.29, 0.717) is 12.5 Å². The molecule has 0 aromatic rings. The van der Waals surface area contributed by atoms with Crippen molar-refractivity contribution in [3.05, 3.63) is 23.3 Å². The summed E-state index contributed by atoms with van der Waals surface area (Å²) < 4.78 is 0. The van der Waals surface area contributed by atoms with Crippen LogP contribution in [0.2, 0.25) is 0 Å². The molecule has 0 aromatic heterocycles. The van der Waals surface area contributed by atoms with Crippen LogP contribution >= 0.6 is 0 Å². The molecule has 0 heterocycles. The molecule has 0 saturated heterocycles. The molecule has 1 aliphatic rings. The van der Waals surface area contributed by atoms with Crippen LogP contribution in [-0.4, -0.2) is 12.5 Å². The Bertz CT molecular complexity index is 289. The van der Waals surface area contributed by atoms with Crippen molar-refractivity contribution in [3.63, 3.8) is 0 Å². The second-order valence-corrected chi connectivity index (χ2v) is 4.41. The Kier molecular flexibility index (Phi) is 4.60. The summed E-state index contributed by atoms with van der Waals surface area (Å²) in [4.78, 5) is 10.7. The fourth-order valence-corrected chi connectivity index (χ4v) is 1.90. The van der Waals surface area contributed by atoms with Crippen molar-refractivity contribution in [1.82, 2.24) is 5.32 Å². The van der Waals surface area contributed by atoms with Gasteiger partial charge >= 0.3 is 0 Å². The molecule has 1 amide bonds. The summed E-state index contributed by atoms with van der Waals surface area (Å²) in [7, 11) is 0. The van der Waals surface area contributed by atoms with Gasteiger partial charge in [0.15, 0.2) is 0 Å². The molecule has 2 nitrogen and oxygen atoms in total. The molecule has 0 bridgehead atoms. The van der Waals surface area contributed by atoms with Gasteiger partial charge in [0.1, 0.15) is 0 Å². The van der Waals surface area contributed by atoms with Crippen LogP contribution in [0.3, 0.4) is 0 Å². The predicted molar refractivity (Wildman–Crippen MR) is 63.5 cm³/mol. The topological polar surface area (TPSA) is 29.1 Å². The number of carbonyl (C=O) groups is 1. The Labute approximate surface area is 92.4 Å². The molecule has 0 aliphatic heterocycles. The lowest BCUT2D eigenvalue weighted by molar-refractivity contribution is -0.118. The monoisotopic (exact) mass is 207 g/mol. The molecule has 15 heavy (non-hydrogen) atoms. The van der Waals surface area contributed by atoms with Gasteiger partial charge in [0.2, 0.25) is 5.91 Å². The first-order chi connectivity index (χ1) is 7.09. The highest BCUT2D eigenvalue weighted by molar-refractivity contribution is 5.72. The number of amides is 1. The molecule has 1 unspecified atom stereocenters. The van der Waals surface area contributed by atoms with Gasteiger partial charge in [-0.25, -0.2) is 0 Å². The van der Waals surface area contributed by atoms with Gasteiger partial charge in [-0.1, -0.05) is 23.3 Å². The number of nitrogens with one attached hydrogen (secondary N) is 1. The van der Waals surface area contributed by atoms with Crippen LogP contribution in [0.1, 0.15) is 40.0 Å². The predicted octanol–water partition coefficient (Wildman–Crippen LogP) is 2.82. The highest BCUT2D eigenvalue weighted by Gasteiger charge is 2.13. The van der Waals surface area contributed by atoms with E-state index in [1.54, 1.807) is 6.92 Å². The van der Waals surface area contributed by atoms with Crippen molar-refractivity contribution in [1.29, 1.82) is 0 Å².